The summed E-state index contributed by atoms with van der Waals surface area (Å²) >= 11 is 0. The Bertz CT molecular complexity index is 800. The average molecular weight is 472 g/mol. The Morgan fingerprint density at radius 3 is 1.56 bits per heavy atom. The van der Waals surface area contributed by atoms with Gasteiger partial charge in [-0.15, -0.1) is 0 Å². The Morgan fingerprint density at radius 2 is 1.15 bits per heavy atom. The number of benzene rings is 2. The molecule has 0 fully saturated rings. The molecule has 0 bridgehead atoms. The van der Waals surface area contributed by atoms with Crippen molar-refractivity contribution in [2.75, 3.05) is 32.7 Å². The number of alkyl carbamates (subject to hydrolysis) is 2. The lowest BCUT2D eigenvalue weighted by atomic mass is 10.2. The van der Waals surface area contributed by atoms with Crippen molar-refractivity contribution in [3.05, 3.63) is 71.8 Å². The number of nitrogens with one attached hydrogen (secondary N) is 2. The normalized spacial score (nSPS) is 10.5. The summed E-state index contributed by atoms with van der Waals surface area (Å²) < 4.78 is 10.3. The van der Waals surface area contributed by atoms with Crippen molar-refractivity contribution >= 4 is 18.2 Å². The lowest BCUT2D eigenvalue weighted by Crippen LogP contribution is -2.34. The second kappa shape index (κ2) is 16.1. The first-order valence-electron chi connectivity index (χ1n) is 11.4. The molecule has 9 nitrogen and oxygen atoms in total. The molecule has 2 rings (SSSR count). The van der Waals surface area contributed by atoms with Gasteiger partial charge in [0.15, 0.2) is 0 Å². The maximum Gasteiger partial charge on any atom is 0.407 e. The summed E-state index contributed by atoms with van der Waals surface area (Å²) in [5.74, 6) is -0.866. The van der Waals surface area contributed by atoms with Crippen molar-refractivity contribution < 1.29 is 29.0 Å². The molecule has 0 unspecified atom stereocenters. The summed E-state index contributed by atoms with van der Waals surface area (Å²) in [6, 6.07) is 18.8. The van der Waals surface area contributed by atoms with Gasteiger partial charge in [0.1, 0.15) is 13.2 Å². The van der Waals surface area contributed by atoms with Gasteiger partial charge < -0.3 is 30.1 Å². The van der Waals surface area contributed by atoms with E-state index in [1.807, 2.05) is 65.6 Å². The largest absolute Gasteiger partial charge is 0.481 e. The highest BCUT2D eigenvalue weighted by molar-refractivity contribution is 5.67. The third-order valence-corrected chi connectivity index (χ3v) is 4.91. The van der Waals surface area contributed by atoms with Gasteiger partial charge in [0, 0.05) is 19.6 Å². The van der Waals surface area contributed by atoms with E-state index >= 15 is 0 Å². The fourth-order valence-corrected chi connectivity index (χ4v) is 3.12. The summed E-state index contributed by atoms with van der Waals surface area (Å²) in [5, 5.41) is 14.4. The number of carbonyl (C=O) groups is 3. The van der Waals surface area contributed by atoms with Gasteiger partial charge >= 0.3 is 18.2 Å². The van der Waals surface area contributed by atoms with E-state index in [0.717, 1.165) is 11.1 Å². The van der Waals surface area contributed by atoms with E-state index in [0.29, 0.717) is 45.6 Å². The summed E-state index contributed by atoms with van der Waals surface area (Å²) in [6.45, 7) is 2.88. The van der Waals surface area contributed by atoms with Gasteiger partial charge in [0.2, 0.25) is 0 Å². The van der Waals surface area contributed by atoms with Crippen LogP contribution in [-0.4, -0.2) is 60.9 Å². The molecular formula is C25H33N3O6. The minimum absolute atomic E-state index is 0.0269. The van der Waals surface area contributed by atoms with Crippen LogP contribution in [0.3, 0.4) is 0 Å². The van der Waals surface area contributed by atoms with Gasteiger partial charge in [-0.3, -0.25) is 4.79 Å². The third-order valence-electron chi connectivity index (χ3n) is 4.91. The zero-order chi connectivity index (χ0) is 24.4. The number of rotatable bonds is 15. The number of hydrogen-bond donors (Lipinski definition) is 3. The Morgan fingerprint density at radius 1 is 0.706 bits per heavy atom. The molecule has 2 amide bonds. The summed E-state index contributed by atoms with van der Waals surface area (Å²) in [5.41, 5.74) is 1.82. The molecule has 0 saturated carbocycles. The van der Waals surface area contributed by atoms with Gasteiger partial charge in [-0.1, -0.05) is 60.7 Å². The zero-order valence-corrected chi connectivity index (χ0v) is 19.3. The maximum absolute atomic E-state index is 11.8. The van der Waals surface area contributed by atoms with Crippen LogP contribution in [0.25, 0.3) is 0 Å². The van der Waals surface area contributed by atoms with E-state index in [9.17, 15) is 14.4 Å². The number of nitrogens with zero attached hydrogens (tertiary/aromatic N) is 1. The minimum Gasteiger partial charge on any atom is -0.481 e. The molecule has 34 heavy (non-hydrogen) atoms. The first-order valence-corrected chi connectivity index (χ1v) is 11.4. The molecule has 0 spiro atoms. The van der Waals surface area contributed by atoms with Crippen LogP contribution in [0.4, 0.5) is 9.59 Å². The molecule has 9 heteroatoms. The molecule has 0 aromatic heterocycles. The van der Waals surface area contributed by atoms with Gasteiger partial charge in [-0.25, -0.2) is 9.59 Å². The Kier molecular flexibility index (Phi) is 12.6. The molecule has 2 aromatic carbocycles. The van der Waals surface area contributed by atoms with Crippen molar-refractivity contribution in [1.82, 2.24) is 15.5 Å². The maximum atomic E-state index is 11.8. The topological polar surface area (TPSA) is 117 Å². The number of hydrogen-bond acceptors (Lipinski definition) is 6. The van der Waals surface area contributed by atoms with Crippen molar-refractivity contribution in [2.45, 2.75) is 32.5 Å². The van der Waals surface area contributed by atoms with Gasteiger partial charge in [0.05, 0.1) is 6.42 Å². The van der Waals surface area contributed by atoms with Crippen LogP contribution < -0.4 is 10.6 Å². The molecule has 2 aromatic rings. The molecular weight excluding hydrogens is 438 g/mol. The van der Waals surface area contributed by atoms with Crippen LogP contribution in [0.15, 0.2) is 60.7 Å². The third kappa shape index (κ3) is 12.4. The lowest BCUT2D eigenvalue weighted by Gasteiger charge is -2.21. The van der Waals surface area contributed by atoms with E-state index in [1.54, 1.807) is 0 Å². The molecule has 0 saturated heterocycles. The van der Waals surface area contributed by atoms with E-state index in [2.05, 4.69) is 10.6 Å². The number of carboxylic acids is 1. The van der Waals surface area contributed by atoms with E-state index in [4.69, 9.17) is 14.6 Å². The smallest absolute Gasteiger partial charge is 0.407 e. The first kappa shape index (κ1) is 26.7. The van der Waals surface area contributed by atoms with Crippen molar-refractivity contribution in [1.29, 1.82) is 0 Å². The van der Waals surface area contributed by atoms with E-state index in [-0.39, 0.29) is 19.6 Å². The second-order valence-corrected chi connectivity index (χ2v) is 7.67. The molecule has 3 N–H and O–H groups in total. The highest BCUT2D eigenvalue weighted by atomic mass is 16.6. The standard InChI is InChI=1S/C25H33N3O6/c29-23(30)13-18-28(16-7-14-26-24(31)33-19-21-9-3-1-4-10-21)17-8-15-27-25(32)34-20-22-11-5-2-6-12-22/h1-6,9-12H,7-8,13-20H2,(H,26,31)(H,27,32)(H,29,30). The lowest BCUT2D eigenvalue weighted by molar-refractivity contribution is -0.137. The molecule has 0 atom stereocenters. The predicted octanol–water partition coefficient (Wildman–Crippen LogP) is 3.40. The fraction of sp³-hybridized carbons (Fsp3) is 0.400. The van der Waals surface area contributed by atoms with Crippen LogP contribution in [0.2, 0.25) is 0 Å². The fourth-order valence-electron chi connectivity index (χ4n) is 3.12. The number of amides is 2. The first-order chi connectivity index (χ1) is 16.5. The number of carbonyl (C=O) groups excluding carboxylic acids is 2. The Hall–Kier alpha value is -3.59. The average Bonchev–Trinajstić information content (AvgIpc) is 2.85. The van der Waals surface area contributed by atoms with Crippen LogP contribution in [-0.2, 0) is 27.5 Å². The van der Waals surface area contributed by atoms with Crippen LogP contribution >= 0.6 is 0 Å². The summed E-state index contributed by atoms with van der Waals surface area (Å²) in [6.07, 6.45) is 0.344. The molecule has 184 valence electrons. The number of ether oxygens (including phenoxy) is 2. The van der Waals surface area contributed by atoms with Crippen LogP contribution in [0, 0.1) is 0 Å². The minimum atomic E-state index is -0.866. The molecule has 0 radical (unpaired) electrons. The Labute approximate surface area is 200 Å². The predicted molar refractivity (Wildman–Crippen MR) is 127 cm³/mol. The zero-order valence-electron chi connectivity index (χ0n) is 19.3. The van der Waals surface area contributed by atoms with E-state index < -0.39 is 18.2 Å². The van der Waals surface area contributed by atoms with Crippen molar-refractivity contribution in [2.24, 2.45) is 0 Å². The molecule has 0 heterocycles. The molecule has 0 aliphatic heterocycles. The second-order valence-electron chi connectivity index (χ2n) is 7.67. The van der Waals surface area contributed by atoms with Gasteiger partial charge in [-0.05, 0) is 37.1 Å². The summed E-state index contributed by atoms with van der Waals surface area (Å²) in [4.78, 5) is 36.6. The van der Waals surface area contributed by atoms with Gasteiger partial charge in [-0.2, -0.15) is 0 Å². The van der Waals surface area contributed by atoms with Crippen LogP contribution in [0.5, 0.6) is 0 Å². The summed E-state index contributed by atoms with van der Waals surface area (Å²) in [7, 11) is 0. The quantitative estimate of drug-likeness (QED) is 0.341. The number of aliphatic carboxylic acids is 1. The molecule has 0 aliphatic rings. The van der Waals surface area contributed by atoms with Gasteiger partial charge in [0.25, 0.3) is 0 Å². The molecule has 0 aliphatic carbocycles. The van der Waals surface area contributed by atoms with Crippen molar-refractivity contribution in [3.63, 3.8) is 0 Å². The van der Waals surface area contributed by atoms with Crippen molar-refractivity contribution in [3.8, 4) is 0 Å². The van der Waals surface area contributed by atoms with E-state index in [1.165, 1.54) is 0 Å². The monoisotopic (exact) mass is 471 g/mol. The Balaban J connectivity index is 1.59. The SMILES string of the molecule is O=C(O)CCN(CCCNC(=O)OCc1ccccc1)CCCNC(=O)OCc1ccccc1. The van der Waals surface area contributed by atoms with Crippen LogP contribution in [0.1, 0.15) is 30.4 Å². The highest BCUT2D eigenvalue weighted by Crippen LogP contribution is 2.02. The number of carboxylic acid groups (broad SMARTS) is 1. The highest BCUT2D eigenvalue weighted by Gasteiger charge is 2.09.